The summed E-state index contributed by atoms with van der Waals surface area (Å²) in [7, 11) is 0. The van der Waals surface area contributed by atoms with Gasteiger partial charge in [-0.25, -0.2) is 0 Å². The molecule has 1 amide bonds. The van der Waals surface area contributed by atoms with Crippen molar-refractivity contribution in [2.45, 2.75) is 63.1 Å². The molecule has 0 fully saturated rings. The fourth-order valence-electron chi connectivity index (χ4n) is 1.74. The minimum atomic E-state index is 0.0349. The molecule has 0 bridgehead atoms. The molecule has 0 heterocycles. The summed E-state index contributed by atoms with van der Waals surface area (Å²) in [5.74, 6) is 0.0349. The zero-order valence-corrected chi connectivity index (χ0v) is 13.7. The normalized spacial score (nSPS) is 13.8. The number of nitrogens with two attached hydrogens (primary N) is 1. The highest BCUT2D eigenvalue weighted by Gasteiger charge is 2.08. The van der Waals surface area contributed by atoms with E-state index in [9.17, 15) is 4.79 Å². The van der Waals surface area contributed by atoms with Crippen molar-refractivity contribution in [2.24, 2.45) is 5.73 Å². The molecule has 0 aliphatic carbocycles. The van der Waals surface area contributed by atoms with Crippen molar-refractivity contribution in [3.8, 4) is 0 Å². The first-order valence-electron chi connectivity index (χ1n) is 7.25. The minimum absolute atomic E-state index is 0.0349. The Balaban J connectivity index is 2.61. The Morgan fingerprint density at radius 1 is 1.40 bits per heavy atom. The first kappa shape index (κ1) is 17.1. The number of benzene rings is 1. The number of hydrogen-bond donors (Lipinski definition) is 2. The van der Waals surface area contributed by atoms with E-state index < -0.39 is 0 Å². The Morgan fingerprint density at radius 3 is 2.65 bits per heavy atom. The molecule has 1 rings (SSSR count). The Kier molecular flexibility index (Phi) is 7.10. The standard InChI is InChI=1S/C16H26N2OS/c1-5-13(4)20-14-7-8-15(11(2)10-14)18-16(19)9-6-12(3)17/h7-8,10,12-13H,5-6,9,17H2,1-4H3,(H,18,19). The Hall–Kier alpha value is -1.00. The molecule has 1 aromatic rings. The van der Waals surface area contributed by atoms with Crippen molar-refractivity contribution < 1.29 is 4.79 Å². The van der Waals surface area contributed by atoms with Gasteiger partial charge >= 0.3 is 0 Å². The summed E-state index contributed by atoms with van der Waals surface area (Å²) in [4.78, 5) is 13.1. The van der Waals surface area contributed by atoms with E-state index in [2.05, 4.69) is 31.3 Å². The molecule has 0 aromatic heterocycles. The zero-order valence-electron chi connectivity index (χ0n) is 12.9. The van der Waals surface area contributed by atoms with Gasteiger partial charge in [0.05, 0.1) is 0 Å². The summed E-state index contributed by atoms with van der Waals surface area (Å²) in [6.45, 7) is 8.36. The third-order valence-corrected chi connectivity index (χ3v) is 4.47. The lowest BCUT2D eigenvalue weighted by atomic mass is 10.1. The molecule has 4 heteroatoms. The van der Waals surface area contributed by atoms with Gasteiger partial charge in [-0.15, -0.1) is 11.8 Å². The quantitative estimate of drug-likeness (QED) is 0.749. The first-order chi connectivity index (χ1) is 9.42. The largest absolute Gasteiger partial charge is 0.328 e. The zero-order chi connectivity index (χ0) is 15.1. The van der Waals surface area contributed by atoms with Crippen LogP contribution in [0.4, 0.5) is 5.69 Å². The number of carbonyl (C=O) groups is 1. The van der Waals surface area contributed by atoms with Gasteiger partial charge in [-0.1, -0.05) is 13.8 Å². The van der Waals surface area contributed by atoms with E-state index in [4.69, 9.17) is 5.73 Å². The highest BCUT2D eigenvalue weighted by atomic mass is 32.2. The fourth-order valence-corrected chi connectivity index (χ4v) is 2.76. The molecule has 2 unspecified atom stereocenters. The van der Waals surface area contributed by atoms with Crippen LogP contribution in [-0.2, 0) is 4.79 Å². The molecular weight excluding hydrogens is 268 g/mol. The van der Waals surface area contributed by atoms with Crippen LogP contribution in [0.2, 0.25) is 0 Å². The molecule has 3 nitrogen and oxygen atoms in total. The third-order valence-electron chi connectivity index (χ3n) is 3.21. The number of nitrogens with one attached hydrogen (secondary N) is 1. The topological polar surface area (TPSA) is 55.1 Å². The molecule has 2 atom stereocenters. The second kappa shape index (κ2) is 8.32. The van der Waals surface area contributed by atoms with E-state index in [0.717, 1.165) is 17.7 Å². The van der Waals surface area contributed by atoms with Crippen molar-refractivity contribution in [3.05, 3.63) is 23.8 Å². The van der Waals surface area contributed by atoms with Crippen LogP contribution >= 0.6 is 11.8 Å². The van der Waals surface area contributed by atoms with E-state index in [1.165, 1.54) is 4.90 Å². The molecule has 0 aliphatic heterocycles. The van der Waals surface area contributed by atoms with E-state index in [1.807, 2.05) is 31.7 Å². The van der Waals surface area contributed by atoms with Crippen molar-refractivity contribution in [1.82, 2.24) is 0 Å². The Labute approximate surface area is 126 Å². The molecular formula is C16H26N2OS. The summed E-state index contributed by atoms with van der Waals surface area (Å²) in [6, 6.07) is 6.27. The molecule has 0 saturated heterocycles. The van der Waals surface area contributed by atoms with Gasteiger partial charge in [0.2, 0.25) is 5.91 Å². The number of aryl methyl sites for hydroxylation is 1. The van der Waals surface area contributed by atoms with Crippen molar-refractivity contribution in [3.63, 3.8) is 0 Å². The van der Waals surface area contributed by atoms with Gasteiger partial charge in [-0.05, 0) is 50.5 Å². The van der Waals surface area contributed by atoms with Crippen LogP contribution < -0.4 is 11.1 Å². The van der Waals surface area contributed by atoms with Crippen LogP contribution in [0.5, 0.6) is 0 Å². The highest BCUT2D eigenvalue weighted by molar-refractivity contribution is 7.99. The molecule has 20 heavy (non-hydrogen) atoms. The smallest absolute Gasteiger partial charge is 0.224 e. The molecule has 3 N–H and O–H groups in total. The number of anilines is 1. The maximum absolute atomic E-state index is 11.8. The number of carbonyl (C=O) groups excluding carboxylic acids is 1. The number of rotatable bonds is 7. The van der Waals surface area contributed by atoms with Crippen LogP contribution in [0.3, 0.4) is 0 Å². The number of hydrogen-bond acceptors (Lipinski definition) is 3. The lowest BCUT2D eigenvalue weighted by Gasteiger charge is -2.12. The van der Waals surface area contributed by atoms with Crippen molar-refractivity contribution >= 4 is 23.4 Å². The second-order valence-electron chi connectivity index (χ2n) is 5.38. The lowest BCUT2D eigenvalue weighted by Crippen LogP contribution is -2.19. The SMILES string of the molecule is CCC(C)Sc1ccc(NC(=O)CCC(C)N)c(C)c1. The second-order valence-corrected chi connectivity index (χ2v) is 6.89. The predicted octanol–water partition coefficient (Wildman–Crippen LogP) is 3.95. The van der Waals surface area contributed by atoms with E-state index in [-0.39, 0.29) is 11.9 Å². The fraction of sp³-hybridized carbons (Fsp3) is 0.562. The van der Waals surface area contributed by atoms with Crippen LogP contribution in [0.15, 0.2) is 23.1 Å². The average Bonchev–Trinajstić information content (AvgIpc) is 2.39. The van der Waals surface area contributed by atoms with Gasteiger partial charge in [-0.2, -0.15) is 0 Å². The Morgan fingerprint density at radius 2 is 2.10 bits per heavy atom. The molecule has 0 saturated carbocycles. The lowest BCUT2D eigenvalue weighted by molar-refractivity contribution is -0.116. The molecule has 1 aromatic carbocycles. The summed E-state index contributed by atoms with van der Waals surface area (Å²) in [5.41, 5.74) is 7.66. The van der Waals surface area contributed by atoms with Crippen LogP contribution in [0.25, 0.3) is 0 Å². The molecule has 0 radical (unpaired) electrons. The highest BCUT2D eigenvalue weighted by Crippen LogP contribution is 2.28. The van der Waals surface area contributed by atoms with Crippen LogP contribution in [-0.4, -0.2) is 17.2 Å². The third kappa shape index (κ3) is 5.97. The summed E-state index contributed by atoms with van der Waals surface area (Å²) in [6.07, 6.45) is 2.34. The van der Waals surface area contributed by atoms with Gasteiger partial charge in [0.25, 0.3) is 0 Å². The van der Waals surface area contributed by atoms with Gasteiger partial charge in [0, 0.05) is 28.3 Å². The maximum atomic E-state index is 11.8. The monoisotopic (exact) mass is 294 g/mol. The van der Waals surface area contributed by atoms with E-state index >= 15 is 0 Å². The van der Waals surface area contributed by atoms with Gasteiger partial charge < -0.3 is 11.1 Å². The van der Waals surface area contributed by atoms with Crippen LogP contribution in [0, 0.1) is 6.92 Å². The summed E-state index contributed by atoms with van der Waals surface area (Å²) in [5, 5.41) is 3.57. The van der Waals surface area contributed by atoms with Gasteiger partial charge in [0.1, 0.15) is 0 Å². The number of amides is 1. The van der Waals surface area contributed by atoms with Crippen molar-refractivity contribution in [1.29, 1.82) is 0 Å². The predicted molar refractivity (Wildman–Crippen MR) is 88.3 cm³/mol. The number of thioether (sulfide) groups is 1. The summed E-state index contributed by atoms with van der Waals surface area (Å²) < 4.78 is 0. The van der Waals surface area contributed by atoms with Crippen LogP contribution in [0.1, 0.15) is 45.6 Å². The van der Waals surface area contributed by atoms with E-state index in [1.54, 1.807) is 0 Å². The average molecular weight is 294 g/mol. The molecule has 112 valence electrons. The van der Waals surface area contributed by atoms with Gasteiger partial charge in [0.15, 0.2) is 0 Å². The molecule has 0 spiro atoms. The molecule has 0 aliphatic rings. The Bertz CT molecular complexity index is 446. The first-order valence-corrected chi connectivity index (χ1v) is 8.13. The minimum Gasteiger partial charge on any atom is -0.328 e. The van der Waals surface area contributed by atoms with Crippen molar-refractivity contribution in [2.75, 3.05) is 5.32 Å². The summed E-state index contributed by atoms with van der Waals surface area (Å²) >= 11 is 1.87. The van der Waals surface area contributed by atoms with Gasteiger partial charge in [-0.3, -0.25) is 4.79 Å². The van der Waals surface area contributed by atoms with E-state index in [0.29, 0.717) is 18.1 Å². The maximum Gasteiger partial charge on any atom is 0.224 e.